The normalized spacial score (nSPS) is 13.9. The Morgan fingerprint density at radius 2 is 2.11 bits per heavy atom. The van der Waals surface area contributed by atoms with Gasteiger partial charge in [-0.15, -0.1) is 0 Å². The van der Waals surface area contributed by atoms with Crippen LogP contribution in [0.15, 0.2) is 24.3 Å². The number of carbonyl (C=O) groups is 1. The maximum atomic E-state index is 11.1. The molecule has 1 aromatic carbocycles. The minimum atomic E-state index is -0.0358. The highest BCUT2D eigenvalue weighted by Gasteiger charge is 2.08. The third-order valence-corrected chi connectivity index (χ3v) is 3.83. The van der Waals surface area contributed by atoms with Crippen molar-refractivity contribution in [2.45, 2.75) is 26.8 Å². The second-order valence-electron chi connectivity index (χ2n) is 5.00. The zero-order valence-electron chi connectivity index (χ0n) is 12.2. The van der Waals surface area contributed by atoms with Gasteiger partial charge in [0, 0.05) is 18.7 Å². The number of amides is 1. The van der Waals surface area contributed by atoms with Crippen molar-refractivity contribution in [3.8, 4) is 0 Å². The van der Waals surface area contributed by atoms with Gasteiger partial charge in [0.25, 0.3) is 0 Å². The van der Waals surface area contributed by atoms with E-state index in [-0.39, 0.29) is 11.9 Å². The van der Waals surface area contributed by atoms with Gasteiger partial charge in [0.1, 0.15) is 0 Å². The van der Waals surface area contributed by atoms with E-state index < -0.39 is 0 Å². The van der Waals surface area contributed by atoms with Crippen molar-refractivity contribution in [3.63, 3.8) is 0 Å². The van der Waals surface area contributed by atoms with Crippen molar-refractivity contribution in [2.24, 2.45) is 5.92 Å². The third kappa shape index (κ3) is 6.12. The molecule has 0 radical (unpaired) electrons. The predicted octanol–water partition coefficient (Wildman–Crippen LogP) is 3.29. The summed E-state index contributed by atoms with van der Waals surface area (Å²) in [7, 11) is 0. The minimum Gasteiger partial charge on any atom is -0.326 e. The van der Waals surface area contributed by atoms with Crippen LogP contribution in [0.25, 0.3) is 0 Å². The van der Waals surface area contributed by atoms with E-state index in [4.69, 9.17) is 0 Å². The van der Waals surface area contributed by atoms with E-state index in [9.17, 15) is 4.79 Å². The molecule has 0 aliphatic carbocycles. The lowest BCUT2D eigenvalue weighted by Crippen LogP contribution is -2.25. The molecule has 1 aromatic rings. The monoisotopic (exact) mass is 280 g/mol. The summed E-state index contributed by atoms with van der Waals surface area (Å²) in [4.78, 5) is 11.1. The lowest BCUT2D eigenvalue weighted by Gasteiger charge is -2.18. The average molecular weight is 280 g/mol. The molecule has 1 rings (SSSR count). The van der Waals surface area contributed by atoms with Gasteiger partial charge in [0.2, 0.25) is 5.91 Å². The Hall–Kier alpha value is -1.00. The van der Waals surface area contributed by atoms with Crippen LogP contribution in [0.3, 0.4) is 0 Å². The topological polar surface area (TPSA) is 41.1 Å². The fourth-order valence-electron chi connectivity index (χ4n) is 1.93. The third-order valence-electron chi connectivity index (χ3n) is 2.93. The van der Waals surface area contributed by atoms with Gasteiger partial charge >= 0.3 is 0 Å². The van der Waals surface area contributed by atoms with E-state index in [0.717, 1.165) is 12.2 Å². The van der Waals surface area contributed by atoms with Crippen LogP contribution in [-0.4, -0.2) is 24.5 Å². The number of carbonyl (C=O) groups excluding carboxylic acids is 1. The van der Waals surface area contributed by atoms with Crippen LogP contribution in [0, 0.1) is 5.92 Å². The summed E-state index contributed by atoms with van der Waals surface area (Å²) < 4.78 is 0. The highest BCUT2D eigenvalue weighted by molar-refractivity contribution is 7.98. The van der Waals surface area contributed by atoms with E-state index in [0.29, 0.717) is 5.92 Å². The lowest BCUT2D eigenvalue weighted by molar-refractivity contribution is -0.114. The summed E-state index contributed by atoms with van der Waals surface area (Å²) in [6, 6.07) is 8.29. The molecular weight excluding hydrogens is 256 g/mol. The van der Waals surface area contributed by atoms with Crippen LogP contribution in [0.1, 0.15) is 32.4 Å². The molecule has 0 heterocycles. The Kier molecular flexibility index (Phi) is 6.95. The molecule has 0 saturated carbocycles. The Bertz CT molecular complexity index is 409. The maximum Gasteiger partial charge on any atom is 0.221 e. The van der Waals surface area contributed by atoms with Crippen LogP contribution < -0.4 is 10.6 Å². The molecule has 0 aliphatic rings. The predicted molar refractivity (Wildman–Crippen MR) is 84.7 cm³/mol. The first-order chi connectivity index (χ1) is 9.02. The summed E-state index contributed by atoms with van der Waals surface area (Å²) in [5.41, 5.74) is 2.05. The molecule has 19 heavy (non-hydrogen) atoms. The molecule has 2 atom stereocenters. The second kappa shape index (κ2) is 8.23. The first kappa shape index (κ1) is 16.1. The van der Waals surface area contributed by atoms with E-state index in [1.807, 2.05) is 30.0 Å². The van der Waals surface area contributed by atoms with Crippen molar-refractivity contribution in [2.75, 3.05) is 23.9 Å². The van der Waals surface area contributed by atoms with Gasteiger partial charge in [-0.2, -0.15) is 11.8 Å². The van der Waals surface area contributed by atoms with Crippen LogP contribution in [-0.2, 0) is 4.79 Å². The Morgan fingerprint density at radius 1 is 1.37 bits per heavy atom. The number of thioether (sulfide) groups is 1. The highest BCUT2D eigenvalue weighted by atomic mass is 32.2. The summed E-state index contributed by atoms with van der Waals surface area (Å²) in [5.74, 6) is 1.80. The summed E-state index contributed by atoms with van der Waals surface area (Å²) >= 11 is 1.88. The van der Waals surface area contributed by atoms with Gasteiger partial charge in [0.15, 0.2) is 0 Å². The van der Waals surface area contributed by atoms with Crippen molar-refractivity contribution < 1.29 is 4.79 Å². The standard InChI is InChI=1S/C15H24N2OS/c1-11(10-19-4)9-16-12(2)14-6-5-7-15(8-14)17-13(3)18/h5-8,11-12,16H,9-10H2,1-4H3,(H,17,18). The number of hydrogen-bond acceptors (Lipinski definition) is 3. The Morgan fingerprint density at radius 3 is 2.74 bits per heavy atom. The molecule has 2 N–H and O–H groups in total. The van der Waals surface area contributed by atoms with E-state index in [2.05, 4.69) is 36.8 Å². The molecule has 2 unspecified atom stereocenters. The number of rotatable bonds is 7. The fraction of sp³-hybridized carbons (Fsp3) is 0.533. The summed E-state index contributed by atoms with van der Waals surface area (Å²) in [5, 5.41) is 6.35. The van der Waals surface area contributed by atoms with Crippen LogP contribution in [0.2, 0.25) is 0 Å². The van der Waals surface area contributed by atoms with Gasteiger partial charge in [-0.25, -0.2) is 0 Å². The minimum absolute atomic E-state index is 0.0358. The van der Waals surface area contributed by atoms with Gasteiger partial charge < -0.3 is 10.6 Å². The fourth-order valence-corrected chi connectivity index (χ4v) is 2.62. The summed E-state index contributed by atoms with van der Waals surface area (Å²) in [6.45, 7) is 6.94. The Balaban J connectivity index is 2.56. The van der Waals surface area contributed by atoms with Crippen LogP contribution in [0.5, 0.6) is 0 Å². The number of hydrogen-bond donors (Lipinski definition) is 2. The molecule has 0 saturated heterocycles. The SMILES string of the molecule is CSCC(C)CNC(C)c1cccc(NC(C)=O)c1. The summed E-state index contributed by atoms with van der Waals surface area (Å²) in [6.07, 6.45) is 2.14. The number of anilines is 1. The van der Waals surface area contributed by atoms with Gasteiger partial charge in [-0.05, 0) is 49.1 Å². The van der Waals surface area contributed by atoms with Gasteiger partial charge in [-0.3, -0.25) is 4.79 Å². The number of nitrogens with one attached hydrogen (secondary N) is 2. The van der Waals surface area contributed by atoms with Crippen molar-refractivity contribution >= 4 is 23.4 Å². The highest BCUT2D eigenvalue weighted by Crippen LogP contribution is 2.17. The Labute approximate surface area is 120 Å². The van der Waals surface area contributed by atoms with E-state index >= 15 is 0 Å². The zero-order chi connectivity index (χ0) is 14.3. The molecule has 0 aliphatic heterocycles. The molecule has 3 nitrogen and oxygen atoms in total. The average Bonchev–Trinajstić information content (AvgIpc) is 2.36. The van der Waals surface area contributed by atoms with Crippen LogP contribution >= 0.6 is 11.8 Å². The largest absolute Gasteiger partial charge is 0.326 e. The molecule has 4 heteroatoms. The first-order valence-corrected chi connectivity index (χ1v) is 8.02. The van der Waals surface area contributed by atoms with Gasteiger partial charge in [-0.1, -0.05) is 19.1 Å². The van der Waals surface area contributed by atoms with E-state index in [1.165, 1.54) is 18.2 Å². The van der Waals surface area contributed by atoms with E-state index in [1.54, 1.807) is 0 Å². The molecule has 0 bridgehead atoms. The molecule has 0 aromatic heterocycles. The maximum absolute atomic E-state index is 11.1. The molecule has 1 amide bonds. The molecule has 0 spiro atoms. The lowest BCUT2D eigenvalue weighted by atomic mass is 10.1. The van der Waals surface area contributed by atoms with Crippen LogP contribution in [0.4, 0.5) is 5.69 Å². The van der Waals surface area contributed by atoms with Crippen molar-refractivity contribution in [3.05, 3.63) is 29.8 Å². The zero-order valence-corrected chi connectivity index (χ0v) is 13.0. The quantitative estimate of drug-likeness (QED) is 0.805. The van der Waals surface area contributed by atoms with Crippen molar-refractivity contribution in [1.29, 1.82) is 0 Å². The number of benzene rings is 1. The molecular formula is C15H24N2OS. The second-order valence-corrected chi connectivity index (χ2v) is 5.91. The molecule has 106 valence electrons. The molecule has 0 fully saturated rings. The van der Waals surface area contributed by atoms with Gasteiger partial charge in [0.05, 0.1) is 0 Å². The smallest absolute Gasteiger partial charge is 0.221 e. The van der Waals surface area contributed by atoms with Crippen molar-refractivity contribution in [1.82, 2.24) is 5.32 Å². The first-order valence-electron chi connectivity index (χ1n) is 6.62.